The Hall–Kier alpha value is -3.29. The predicted octanol–water partition coefficient (Wildman–Crippen LogP) is 3.69. The summed E-state index contributed by atoms with van der Waals surface area (Å²) in [6, 6.07) is 7.21. The van der Waals surface area contributed by atoms with E-state index in [1.807, 2.05) is 32.0 Å². The summed E-state index contributed by atoms with van der Waals surface area (Å²) in [4.78, 5) is 27.8. The highest BCUT2D eigenvalue weighted by Gasteiger charge is 2.53. The van der Waals surface area contributed by atoms with Crippen LogP contribution in [0.25, 0.3) is 5.00 Å². The van der Waals surface area contributed by atoms with E-state index < -0.39 is 33.5 Å². The maximum Gasteiger partial charge on any atom is 0.330 e. The number of hydrogen-bond donors (Lipinski definition) is 0. The first-order valence-electron chi connectivity index (χ1n) is 12.0. The van der Waals surface area contributed by atoms with Gasteiger partial charge in [-0.3, -0.25) is 9.59 Å². The summed E-state index contributed by atoms with van der Waals surface area (Å²) in [5, 5.41) is 9.05. The number of hydrogen-bond acceptors (Lipinski definition) is 9. The molecule has 0 aliphatic carbocycles. The number of carbonyl (C=O) groups is 2. The maximum atomic E-state index is 14.2. The first kappa shape index (κ1) is 27.7. The molecule has 3 heterocycles. The first-order chi connectivity index (χ1) is 17.8. The van der Waals surface area contributed by atoms with Gasteiger partial charge >= 0.3 is 10.2 Å². The number of benzene rings is 1. The normalized spacial score (nSPS) is 16.1. The fourth-order valence-electron chi connectivity index (χ4n) is 4.32. The lowest BCUT2D eigenvalue weighted by Crippen LogP contribution is -2.62. The average Bonchev–Trinajstić information content (AvgIpc) is 3.48. The maximum absolute atomic E-state index is 14.2. The number of thiophene rings is 1. The molecule has 3 aromatic rings. The Morgan fingerprint density at radius 2 is 1.76 bits per heavy atom. The lowest BCUT2D eigenvalue weighted by Gasteiger charge is -2.43. The molecule has 0 radical (unpaired) electrons. The van der Waals surface area contributed by atoms with Crippen molar-refractivity contribution < 1.29 is 27.5 Å². The van der Waals surface area contributed by atoms with E-state index >= 15 is 0 Å². The number of para-hydroxylation sites is 1. The van der Waals surface area contributed by atoms with Crippen LogP contribution in [0.3, 0.4) is 0 Å². The van der Waals surface area contributed by atoms with Crippen molar-refractivity contribution in [3.05, 3.63) is 53.3 Å². The van der Waals surface area contributed by atoms with Crippen molar-refractivity contribution in [1.82, 2.24) is 19.3 Å². The molecule has 13 heteroatoms. The average molecular weight is 562 g/mol. The van der Waals surface area contributed by atoms with Gasteiger partial charge in [-0.2, -0.15) is 18.6 Å². The van der Waals surface area contributed by atoms with E-state index in [1.165, 1.54) is 45.1 Å². The Morgan fingerprint density at radius 3 is 2.34 bits per heavy atom. The number of aromatic nitrogens is 3. The van der Waals surface area contributed by atoms with Crippen LogP contribution in [0.2, 0.25) is 0 Å². The van der Waals surface area contributed by atoms with Crippen molar-refractivity contribution in [2.45, 2.75) is 59.3 Å². The number of anilines is 1. The lowest BCUT2D eigenvalue weighted by atomic mass is 9.99. The molecular formula is C25H31N5O6S2. The highest BCUT2D eigenvalue weighted by Crippen LogP contribution is 2.46. The molecule has 0 N–H and O–H groups in total. The molecular weight excluding hydrogens is 530 g/mol. The van der Waals surface area contributed by atoms with Crippen molar-refractivity contribution in [2.24, 2.45) is 0 Å². The van der Waals surface area contributed by atoms with Gasteiger partial charge in [0.15, 0.2) is 5.78 Å². The Bertz CT molecular complexity index is 1460. The summed E-state index contributed by atoms with van der Waals surface area (Å²) < 4.78 is 42.0. The number of ketones is 1. The molecule has 0 fully saturated rings. The van der Waals surface area contributed by atoms with Crippen molar-refractivity contribution in [3.63, 3.8) is 0 Å². The second-order valence-corrected chi connectivity index (χ2v) is 12.3. The number of carbonyl (C=O) groups excluding carboxylic acids is 2. The van der Waals surface area contributed by atoms with Crippen LogP contribution in [-0.4, -0.2) is 64.7 Å². The third-order valence-corrected chi connectivity index (χ3v) is 9.83. The lowest BCUT2D eigenvalue weighted by molar-refractivity contribution is -0.124. The third-order valence-electron chi connectivity index (χ3n) is 6.46. The van der Waals surface area contributed by atoms with Gasteiger partial charge in [-0.05, 0) is 47.6 Å². The third kappa shape index (κ3) is 4.58. The molecule has 0 saturated heterocycles. The molecule has 204 valence electrons. The van der Waals surface area contributed by atoms with Gasteiger partial charge in [0.2, 0.25) is 0 Å². The van der Waals surface area contributed by atoms with Crippen LogP contribution in [0.5, 0.6) is 5.75 Å². The monoisotopic (exact) mass is 561 g/mol. The van der Waals surface area contributed by atoms with Crippen LogP contribution in [0.4, 0.5) is 5.00 Å². The fourth-order valence-corrected chi connectivity index (χ4v) is 7.68. The quantitative estimate of drug-likeness (QED) is 0.388. The van der Waals surface area contributed by atoms with Crippen molar-refractivity contribution in [2.75, 3.05) is 18.0 Å². The van der Waals surface area contributed by atoms with E-state index in [4.69, 9.17) is 9.47 Å². The largest absolute Gasteiger partial charge is 0.496 e. The molecule has 4 rings (SSSR count). The number of Topliss-reactive ketones (excluding diaryl/α,β-unsaturated/α-hetero) is 1. The minimum atomic E-state index is -4.52. The molecule has 0 saturated carbocycles. The molecule has 2 aromatic heterocycles. The predicted molar refractivity (Wildman–Crippen MR) is 143 cm³/mol. The summed E-state index contributed by atoms with van der Waals surface area (Å²) in [5.41, 5.74) is -0.302. The summed E-state index contributed by atoms with van der Waals surface area (Å²) in [5.74, 6) is -0.713. The van der Waals surface area contributed by atoms with Crippen molar-refractivity contribution in [3.8, 4) is 10.8 Å². The van der Waals surface area contributed by atoms with E-state index in [0.29, 0.717) is 26.2 Å². The highest BCUT2D eigenvalue weighted by molar-refractivity contribution is 7.91. The molecule has 1 atom stereocenters. The van der Waals surface area contributed by atoms with Crippen LogP contribution in [-0.2, 0) is 19.7 Å². The van der Waals surface area contributed by atoms with E-state index in [9.17, 15) is 18.0 Å². The minimum absolute atomic E-state index is 0.169. The zero-order valence-corrected chi connectivity index (χ0v) is 24.0. The van der Waals surface area contributed by atoms with Crippen LogP contribution >= 0.6 is 11.3 Å². The second kappa shape index (κ2) is 10.1. The Morgan fingerprint density at radius 1 is 1.13 bits per heavy atom. The molecule has 1 aliphatic heterocycles. The standard InChI is InChI=1S/C25H31N5O6S2/c1-15(2)36-20(18-10-8-9-11-19(18)35-7)14-28-24-21(16(3)23(37-24)30-26-12-13-27-30)22(32)29(38(28,33)34)25(5,6)17(4)31/h8-13,15,20H,14H2,1-7H3/t20-/m0/s1. The van der Waals surface area contributed by atoms with Crippen molar-refractivity contribution >= 4 is 38.2 Å². The van der Waals surface area contributed by atoms with E-state index in [0.717, 1.165) is 15.6 Å². The van der Waals surface area contributed by atoms with E-state index in [-0.39, 0.29) is 23.2 Å². The van der Waals surface area contributed by atoms with Gasteiger partial charge in [-0.15, -0.1) is 4.80 Å². The second-order valence-electron chi connectivity index (χ2n) is 9.67. The topological polar surface area (TPSA) is 124 Å². The number of fused-ring (bicyclic) bond motifs is 1. The highest BCUT2D eigenvalue weighted by atomic mass is 32.2. The van der Waals surface area contributed by atoms with Gasteiger partial charge < -0.3 is 9.47 Å². The molecule has 0 unspecified atom stereocenters. The minimum Gasteiger partial charge on any atom is -0.496 e. The van der Waals surface area contributed by atoms with Gasteiger partial charge in [0.1, 0.15) is 27.4 Å². The van der Waals surface area contributed by atoms with Crippen molar-refractivity contribution in [1.29, 1.82) is 0 Å². The summed E-state index contributed by atoms with van der Waals surface area (Å²) >= 11 is 1.09. The van der Waals surface area contributed by atoms with Crippen LogP contribution in [0.1, 0.15) is 62.2 Å². The zero-order chi connectivity index (χ0) is 28.0. The summed E-state index contributed by atoms with van der Waals surface area (Å²) in [6.07, 6.45) is 1.98. The van der Waals surface area contributed by atoms with Gasteiger partial charge in [0.25, 0.3) is 5.91 Å². The van der Waals surface area contributed by atoms with Gasteiger partial charge in [-0.1, -0.05) is 29.5 Å². The Labute approximate surface area is 226 Å². The fraction of sp³-hybridized carbons (Fsp3) is 0.440. The van der Waals surface area contributed by atoms with E-state index in [2.05, 4.69) is 10.2 Å². The molecule has 1 aromatic carbocycles. The van der Waals surface area contributed by atoms with Crippen LogP contribution < -0.4 is 9.04 Å². The number of ether oxygens (including phenoxy) is 2. The number of amides is 1. The van der Waals surface area contributed by atoms with Gasteiger partial charge in [-0.25, -0.2) is 8.61 Å². The van der Waals surface area contributed by atoms with Crippen LogP contribution in [0, 0.1) is 6.92 Å². The molecule has 11 nitrogen and oxygen atoms in total. The van der Waals surface area contributed by atoms with E-state index in [1.54, 1.807) is 13.0 Å². The smallest absolute Gasteiger partial charge is 0.330 e. The van der Waals surface area contributed by atoms with Gasteiger partial charge in [0.05, 0.1) is 37.7 Å². The molecule has 1 amide bonds. The molecule has 38 heavy (non-hydrogen) atoms. The summed E-state index contributed by atoms with van der Waals surface area (Å²) in [6.45, 7) is 9.36. The summed E-state index contributed by atoms with van der Waals surface area (Å²) in [7, 11) is -2.99. The number of rotatable bonds is 9. The molecule has 0 spiro atoms. The van der Waals surface area contributed by atoms with Gasteiger partial charge in [0, 0.05) is 11.1 Å². The SMILES string of the molecule is COc1ccccc1[C@H](CN1c2sc(-n3nccn3)c(C)c2C(=O)N(C(C)(C)C(C)=O)S1(=O)=O)OC(C)C. The molecule has 1 aliphatic rings. The number of nitrogens with zero attached hydrogens (tertiary/aromatic N) is 5. The number of methoxy groups -OCH3 is 1. The first-order valence-corrected chi connectivity index (χ1v) is 14.2. The van der Waals surface area contributed by atoms with Crippen LogP contribution in [0.15, 0.2) is 36.7 Å². The Balaban J connectivity index is 1.96. The molecule has 0 bridgehead atoms. The zero-order valence-electron chi connectivity index (χ0n) is 22.3. The Kier molecular flexibility index (Phi) is 7.38.